The number of nitrogens with one attached hydrogen (secondary N) is 2. The first-order chi connectivity index (χ1) is 12.9. The highest BCUT2D eigenvalue weighted by atomic mass is 32.2. The molecule has 0 spiro atoms. The summed E-state index contributed by atoms with van der Waals surface area (Å²) in [4.78, 5) is 29.3. The number of amides is 2. The van der Waals surface area contributed by atoms with Gasteiger partial charge in [-0.05, 0) is 25.0 Å². The number of sulfone groups is 1. The van der Waals surface area contributed by atoms with Crippen molar-refractivity contribution in [3.8, 4) is 0 Å². The summed E-state index contributed by atoms with van der Waals surface area (Å²) in [5, 5.41) is 5.34. The third-order valence-corrected chi connectivity index (χ3v) is 8.25. The first-order valence-electron chi connectivity index (χ1n) is 8.70. The van der Waals surface area contributed by atoms with Crippen LogP contribution in [0.1, 0.15) is 41.8 Å². The van der Waals surface area contributed by atoms with Gasteiger partial charge in [0, 0.05) is 7.05 Å². The molecule has 1 saturated carbocycles. The number of rotatable bonds is 5. The molecule has 1 aliphatic carbocycles. The number of carbonyl (C=O) groups excluding carboxylic acids is 2. The van der Waals surface area contributed by atoms with Crippen LogP contribution in [0, 0.1) is 0 Å². The smallest absolute Gasteiger partial charge is 0.262 e. The van der Waals surface area contributed by atoms with Gasteiger partial charge in [0.25, 0.3) is 5.91 Å². The normalized spacial score (nSPS) is 16.5. The van der Waals surface area contributed by atoms with Crippen LogP contribution in [0.25, 0.3) is 0 Å². The van der Waals surface area contributed by atoms with Gasteiger partial charge >= 0.3 is 0 Å². The Morgan fingerprint density at radius 3 is 2.41 bits per heavy atom. The van der Waals surface area contributed by atoms with Crippen LogP contribution in [-0.2, 0) is 14.6 Å². The SMILES string of the molecule is CNC(=O)c1cnc(NC(=O)C2(S(=O)(=O)c3ccccc3)CCCCC2)s1. The lowest BCUT2D eigenvalue weighted by Crippen LogP contribution is -2.51. The van der Waals surface area contributed by atoms with E-state index in [1.54, 1.807) is 18.2 Å². The summed E-state index contributed by atoms with van der Waals surface area (Å²) in [7, 11) is -2.37. The van der Waals surface area contributed by atoms with Crippen LogP contribution in [0.3, 0.4) is 0 Å². The first-order valence-corrected chi connectivity index (χ1v) is 11.0. The van der Waals surface area contributed by atoms with Gasteiger partial charge in [-0.1, -0.05) is 48.8 Å². The van der Waals surface area contributed by atoms with Gasteiger partial charge in [0.15, 0.2) is 19.7 Å². The molecule has 0 bridgehead atoms. The molecule has 1 aromatic heterocycles. The van der Waals surface area contributed by atoms with E-state index in [2.05, 4.69) is 15.6 Å². The van der Waals surface area contributed by atoms with Crippen molar-refractivity contribution in [2.75, 3.05) is 12.4 Å². The van der Waals surface area contributed by atoms with E-state index in [0.717, 1.165) is 17.8 Å². The highest BCUT2D eigenvalue weighted by Crippen LogP contribution is 2.40. The molecule has 7 nitrogen and oxygen atoms in total. The standard InChI is InChI=1S/C18H21N3O4S2/c1-19-15(22)14-12-20-17(26-14)21-16(23)18(10-6-3-7-11-18)27(24,25)13-8-4-2-5-9-13/h2,4-5,8-9,12H,3,6-7,10-11H2,1H3,(H,19,22)(H,20,21,23). The highest BCUT2D eigenvalue weighted by Gasteiger charge is 2.51. The lowest BCUT2D eigenvalue weighted by atomic mass is 9.87. The zero-order valence-corrected chi connectivity index (χ0v) is 16.5. The fourth-order valence-corrected chi connectivity index (χ4v) is 6.18. The van der Waals surface area contributed by atoms with Gasteiger partial charge in [-0.3, -0.25) is 9.59 Å². The number of hydrogen-bond donors (Lipinski definition) is 2. The molecular formula is C18H21N3O4S2. The van der Waals surface area contributed by atoms with Crippen molar-refractivity contribution in [1.82, 2.24) is 10.3 Å². The molecule has 9 heteroatoms. The van der Waals surface area contributed by atoms with E-state index in [0.29, 0.717) is 17.7 Å². The van der Waals surface area contributed by atoms with Gasteiger partial charge in [-0.2, -0.15) is 0 Å². The third-order valence-electron chi connectivity index (χ3n) is 4.82. The summed E-state index contributed by atoms with van der Waals surface area (Å²) >= 11 is 1.01. The maximum Gasteiger partial charge on any atom is 0.262 e. The zero-order chi connectivity index (χ0) is 19.5. The predicted octanol–water partition coefficient (Wildman–Crippen LogP) is 2.62. The van der Waals surface area contributed by atoms with Crippen LogP contribution < -0.4 is 10.6 Å². The topological polar surface area (TPSA) is 105 Å². The number of hydrogen-bond acceptors (Lipinski definition) is 6. The molecule has 0 unspecified atom stereocenters. The van der Waals surface area contributed by atoms with Crippen LogP contribution in [0.4, 0.5) is 5.13 Å². The molecule has 0 saturated heterocycles. The molecular weight excluding hydrogens is 386 g/mol. The summed E-state index contributed by atoms with van der Waals surface area (Å²) < 4.78 is 25.2. The minimum absolute atomic E-state index is 0.146. The van der Waals surface area contributed by atoms with Crippen LogP contribution in [0.5, 0.6) is 0 Å². The molecule has 1 fully saturated rings. The molecule has 2 N–H and O–H groups in total. The van der Waals surface area contributed by atoms with E-state index >= 15 is 0 Å². The fraction of sp³-hybridized carbons (Fsp3) is 0.389. The fourth-order valence-electron chi connectivity index (χ4n) is 3.34. The summed E-state index contributed by atoms with van der Waals surface area (Å²) in [6.45, 7) is 0. The zero-order valence-electron chi connectivity index (χ0n) is 14.9. The largest absolute Gasteiger partial charge is 0.354 e. The average molecular weight is 408 g/mol. The Balaban J connectivity index is 1.94. The van der Waals surface area contributed by atoms with Crippen molar-refractivity contribution < 1.29 is 18.0 Å². The molecule has 1 aromatic carbocycles. The van der Waals surface area contributed by atoms with E-state index in [1.807, 2.05) is 0 Å². The van der Waals surface area contributed by atoms with Gasteiger partial charge in [0.2, 0.25) is 5.91 Å². The Morgan fingerprint density at radius 2 is 1.78 bits per heavy atom. The van der Waals surface area contributed by atoms with Crippen molar-refractivity contribution in [2.24, 2.45) is 0 Å². The number of anilines is 1. The third kappa shape index (κ3) is 3.61. The number of aromatic nitrogens is 1. The Hall–Kier alpha value is -2.26. The Morgan fingerprint density at radius 1 is 1.11 bits per heavy atom. The van der Waals surface area contributed by atoms with Crippen molar-refractivity contribution in [3.05, 3.63) is 41.4 Å². The summed E-state index contributed by atoms with van der Waals surface area (Å²) in [6, 6.07) is 8.08. The van der Waals surface area contributed by atoms with Crippen LogP contribution in [0.15, 0.2) is 41.4 Å². The second-order valence-electron chi connectivity index (χ2n) is 6.43. The lowest BCUT2D eigenvalue weighted by molar-refractivity contribution is -0.119. The molecule has 0 radical (unpaired) electrons. The minimum atomic E-state index is -3.87. The number of carbonyl (C=O) groups is 2. The van der Waals surface area contributed by atoms with Crippen LogP contribution >= 0.6 is 11.3 Å². The molecule has 27 heavy (non-hydrogen) atoms. The predicted molar refractivity (Wildman–Crippen MR) is 104 cm³/mol. The van der Waals surface area contributed by atoms with Crippen LogP contribution in [-0.4, -0.2) is 37.0 Å². The van der Waals surface area contributed by atoms with E-state index < -0.39 is 20.5 Å². The number of thiazole rings is 1. The molecule has 0 aliphatic heterocycles. The molecule has 1 aliphatic rings. The van der Waals surface area contributed by atoms with Crippen molar-refractivity contribution in [1.29, 1.82) is 0 Å². The van der Waals surface area contributed by atoms with Crippen LogP contribution in [0.2, 0.25) is 0 Å². The van der Waals surface area contributed by atoms with E-state index in [-0.39, 0.29) is 28.8 Å². The van der Waals surface area contributed by atoms with Gasteiger partial charge < -0.3 is 10.6 Å². The second kappa shape index (κ2) is 7.77. The van der Waals surface area contributed by atoms with Gasteiger partial charge in [0.05, 0.1) is 11.1 Å². The lowest BCUT2D eigenvalue weighted by Gasteiger charge is -2.34. The van der Waals surface area contributed by atoms with Gasteiger partial charge in [-0.15, -0.1) is 0 Å². The second-order valence-corrected chi connectivity index (χ2v) is 9.72. The van der Waals surface area contributed by atoms with Crippen molar-refractivity contribution in [2.45, 2.75) is 41.7 Å². The highest BCUT2D eigenvalue weighted by molar-refractivity contribution is 7.93. The quantitative estimate of drug-likeness (QED) is 0.793. The summed E-state index contributed by atoms with van der Waals surface area (Å²) in [6.07, 6.45) is 4.13. The van der Waals surface area contributed by atoms with Crippen molar-refractivity contribution in [3.63, 3.8) is 0 Å². The monoisotopic (exact) mass is 407 g/mol. The number of nitrogens with zero attached hydrogens (tertiary/aromatic N) is 1. The average Bonchev–Trinajstić information content (AvgIpc) is 3.17. The molecule has 1 heterocycles. The Kier molecular flexibility index (Phi) is 5.61. The van der Waals surface area contributed by atoms with Gasteiger partial charge in [-0.25, -0.2) is 13.4 Å². The van der Waals surface area contributed by atoms with E-state index in [1.165, 1.54) is 25.4 Å². The summed E-state index contributed by atoms with van der Waals surface area (Å²) in [5.41, 5.74) is 0. The molecule has 3 rings (SSSR count). The van der Waals surface area contributed by atoms with Crippen molar-refractivity contribution >= 4 is 38.1 Å². The maximum atomic E-state index is 13.4. The minimum Gasteiger partial charge on any atom is -0.354 e. The molecule has 2 amide bonds. The Labute approximate surface area is 162 Å². The Bertz CT molecular complexity index is 933. The first kappa shape index (κ1) is 19.5. The van der Waals surface area contributed by atoms with E-state index in [4.69, 9.17) is 0 Å². The number of benzene rings is 1. The van der Waals surface area contributed by atoms with E-state index in [9.17, 15) is 18.0 Å². The maximum absolute atomic E-state index is 13.4. The molecule has 144 valence electrons. The molecule has 2 aromatic rings. The summed E-state index contributed by atoms with van der Waals surface area (Å²) in [5.74, 6) is -0.888. The molecule has 0 atom stereocenters. The van der Waals surface area contributed by atoms with Gasteiger partial charge in [0.1, 0.15) is 4.88 Å².